The van der Waals surface area contributed by atoms with Crippen LogP contribution in [0.2, 0.25) is 0 Å². The van der Waals surface area contributed by atoms with Crippen LogP contribution in [0.3, 0.4) is 0 Å². The molecule has 0 bridgehead atoms. The molecule has 0 spiro atoms. The molecule has 98 valence electrons. The predicted molar refractivity (Wildman–Crippen MR) is 68.2 cm³/mol. The van der Waals surface area contributed by atoms with E-state index < -0.39 is 12.0 Å². The zero-order chi connectivity index (χ0) is 13.5. The molecule has 0 saturated carbocycles. The lowest BCUT2D eigenvalue weighted by Gasteiger charge is -2.12. The smallest absolute Gasteiger partial charge is 0.321 e. The third-order valence-electron chi connectivity index (χ3n) is 2.62. The topological polar surface area (TPSA) is 78.4 Å². The number of rotatable bonds is 6. The van der Waals surface area contributed by atoms with Crippen LogP contribution in [0.5, 0.6) is 0 Å². The molecular formula is C13H18N2O3. The molecule has 0 saturated heterocycles. The number of carbonyl (C=O) groups is 2. The van der Waals surface area contributed by atoms with Crippen LogP contribution in [0.15, 0.2) is 24.3 Å². The van der Waals surface area contributed by atoms with Crippen molar-refractivity contribution in [1.29, 1.82) is 0 Å². The quantitative estimate of drug-likeness (QED) is 0.688. The van der Waals surface area contributed by atoms with Gasteiger partial charge in [-0.15, -0.1) is 0 Å². The van der Waals surface area contributed by atoms with E-state index in [-0.39, 0.29) is 5.91 Å². The van der Waals surface area contributed by atoms with Gasteiger partial charge in [0.25, 0.3) is 0 Å². The molecule has 1 rings (SSSR count). The summed E-state index contributed by atoms with van der Waals surface area (Å²) < 4.78 is 0. The second-order valence-corrected chi connectivity index (χ2v) is 4.11. The van der Waals surface area contributed by atoms with Gasteiger partial charge in [0.15, 0.2) is 0 Å². The van der Waals surface area contributed by atoms with Gasteiger partial charge < -0.3 is 15.7 Å². The fourth-order valence-electron chi connectivity index (χ4n) is 1.64. The average Bonchev–Trinajstić information content (AvgIpc) is 2.33. The first-order chi connectivity index (χ1) is 8.52. The maximum atomic E-state index is 10.9. The fourth-order valence-corrected chi connectivity index (χ4v) is 1.64. The Morgan fingerprint density at radius 1 is 1.33 bits per heavy atom. The minimum Gasteiger partial charge on any atom is -0.480 e. The minimum atomic E-state index is -0.871. The summed E-state index contributed by atoms with van der Waals surface area (Å²) in [6.07, 6.45) is 0.416. The van der Waals surface area contributed by atoms with Crippen LogP contribution in [0.25, 0.3) is 0 Å². The maximum Gasteiger partial charge on any atom is 0.321 e. The van der Waals surface area contributed by atoms with Crippen LogP contribution in [-0.4, -0.2) is 30.1 Å². The summed E-state index contributed by atoms with van der Waals surface area (Å²) in [5.74, 6) is -0.955. The number of carboxylic acid groups (broad SMARTS) is 1. The molecule has 1 amide bonds. The standard InChI is InChI=1S/C13H18N2O3/c1-9(16)15-8-11-5-3-4-10(6-11)7-12(14-2)13(17)18/h3-6,12,14H,7-8H2,1-2H3,(H,15,16)(H,17,18). The molecule has 3 N–H and O–H groups in total. The number of hydrogen-bond acceptors (Lipinski definition) is 3. The summed E-state index contributed by atoms with van der Waals surface area (Å²) in [7, 11) is 1.62. The van der Waals surface area contributed by atoms with Crippen molar-refractivity contribution in [2.45, 2.75) is 25.9 Å². The molecule has 1 atom stereocenters. The zero-order valence-corrected chi connectivity index (χ0v) is 10.6. The highest BCUT2D eigenvalue weighted by Crippen LogP contribution is 2.08. The first-order valence-corrected chi connectivity index (χ1v) is 5.75. The molecule has 5 nitrogen and oxygen atoms in total. The first-order valence-electron chi connectivity index (χ1n) is 5.75. The van der Waals surface area contributed by atoms with Crippen LogP contribution in [0.4, 0.5) is 0 Å². The number of benzene rings is 1. The monoisotopic (exact) mass is 250 g/mol. The molecule has 0 aromatic heterocycles. The third kappa shape index (κ3) is 4.55. The highest BCUT2D eigenvalue weighted by atomic mass is 16.4. The largest absolute Gasteiger partial charge is 0.480 e. The van der Waals surface area contributed by atoms with Crippen LogP contribution >= 0.6 is 0 Å². The van der Waals surface area contributed by atoms with Gasteiger partial charge in [0.2, 0.25) is 5.91 Å². The molecule has 0 aliphatic carbocycles. The van der Waals surface area contributed by atoms with Crippen LogP contribution in [0.1, 0.15) is 18.1 Å². The Hall–Kier alpha value is -1.88. The Balaban J connectivity index is 2.69. The summed E-state index contributed by atoms with van der Waals surface area (Å²) in [6.45, 7) is 1.92. The van der Waals surface area contributed by atoms with Crippen molar-refractivity contribution in [2.75, 3.05) is 7.05 Å². The Bertz CT molecular complexity index is 432. The van der Waals surface area contributed by atoms with Gasteiger partial charge in [0.1, 0.15) is 6.04 Å². The molecular weight excluding hydrogens is 232 g/mol. The van der Waals surface area contributed by atoms with Crippen LogP contribution < -0.4 is 10.6 Å². The van der Waals surface area contributed by atoms with Crippen LogP contribution in [-0.2, 0) is 22.6 Å². The summed E-state index contributed by atoms with van der Waals surface area (Å²) in [6, 6.07) is 6.95. The molecule has 0 fully saturated rings. The third-order valence-corrected chi connectivity index (χ3v) is 2.62. The summed E-state index contributed by atoms with van der Waals surface area (Å²) >= 11 is 0. The van der Waals surface area contributed by atoms with Crippen LogP contribution in [0, 0.1) is 0 Å². The molecule has 1 aromatic carbocycles. The van der Waals surface area contributed by atoms with Crippen molar-refractivity contribution in [2.24, 2.45) is 0 Å². The Morgan fingerprint density at radius 2 is 2.00 bits per heavy atom. The van der Waals surface area contributed by atoms with E-state index in [1.54, 1.807) is 7.05 Å². The van der Waals surface area contributed by atoms with Gasteiger partial charge in [-0.2, -0.15) is 0 Å². The maximum absolute atomic E-state index is 10.9. The van der Waals surface area contributed by atoms with E-state index in [0.717, 1.165) is 11.1 Å². The van der Waals surface area contributed by atoms with Gasteiger partial charge >= 0.3 is 5.97 Å². The molecule has 5 heteroatoms. The molecule has 1 aromatic rings. The van der Waals surface area contributed by atoms with Gasteiger partial charge in [-0.3, -0.25) is 9.59 Å². The van der Waals surface area contributed by atoms with Crippen molar-refractivity contribution in [3.8, 4) is 0 Å². The van der Waals surface area contributed by atoms with Crippen molar-refractivity contribution < 1.29 is 14.7 Å². The van der Waals surface area contributed by atoms with E-state index >= 15 is 0 Å². The molecule has 1 unspecified atom stereocenters. The predicted octanol–water partition coefficient (Wildman–Crippen LogP) is 0.538. The van der Waals surface area contributed by atoms with E-state index in [9.17, 15) is 9.59 Å². The summed E-state index contributed by atoms with van der Waals surface area (Å²) in [5, 5.41) is 14.4. The van der Waals surface area contributed by atoms with Gasteiger partial charge in [-0.05, 0) is 24.6 Å². The van der Waals surface area contributed by atoms with Crippen molar-refractivity contribution in [3.63, 3.8) is 0 Å². The van der Waals surface area contributed by atoms with Gasteiger partial charge in [-0.1, -0.05) is 24.3 Å². The second-order valence-electron chi connectivity index (χ2n) is 4.11. The van der Waals surface area contributed by atoms with Gasteiger partial charge in [0.05, 0.1) is 0 Å². The Morgan fingerprint density at radius 3 is 2.56 bits per heavy atom. The molecule has 0 heterocycles. The summed E-state index contributed by atoms with van der Waals surface area (Å²) in [5.41, 5.74) is 1.89. The van der Waals surface area contributed by atoms with E-state index in [1.165, 1.54) is 6.92 Å². The number of aliphatic carboxylic acids is 1. The number of carboxylic acids is 1. The number of nitrogens with one attached hydrogen (secondary N) is 2. The van der Waals surface area contributed by atoms with Gasteiger partial charge in [-0.25, -0.2) is 0 Å². The number of hydrogen-bond donors (Lipinski definition) is 3. The first kappa shape index (κ1) is 14.2. The van der Waals surface area contributed by atoms with E-state index in [4.69, 9.17) is 5.11 Å². The number of likely N-dealkylation sites (N-methyl/N-ethyl adjacent to an activating group) is 1. The van der Waals surface area contributed by atoms with Crippen molar-refractivity contribution in [1.82, 2.24) is 10.6 Å². The number of amides is 1. The lowest BCUT2D eigenvalue weighted by Crippen LogP contribution is -2.35. The van der Waals surface area contributed by atoms with Gasteiger partial charge in [0, 0.05) is 13.5 Å². The fraction of sp³-hybridized carbons (Fsp3) is 0.385. The summed E-state index contributed by atoms with van der Waals surface area (Å²) in [4.78, 5) is 21.7. The highest BCUT2D eigenvalue weighted by molar-refractivity contribution is 5.74. The Labute approximate surface area is 106 Å². The average molecular weight is 250 g/mol. The van der Waals surface area contributed by atoms with E-state index in [0.29, 0.717) is 13.0 Å². The zero-order valence-electron chi connectivity index (χ0n) is 10.6. The molecule has 0 radical (unpaired) electrons. The van der Waals surface area contributed by atoms with Crippen molar-refractivity contribution >= 4 is 11.9 Å². The minimum absolute atomic E-state index is 0.0842. The van der Waals surface area contributed by atoms with E-state index in [1.807, 2.05) is 24.3 Å². The second kappa shape index (κ2) is 6.76. The normalized spacial score (nSPS) is 11.9. The molecule has 18 heavy (non-hydrogen) atoms. The molecule has 0 aliphatic rings. The van der Waals surface area contributed by atoms with E-state index in [2.05, 4.69) is 10.6 Å². The lowest BCUT2D eigenvalue weighted by molar-refractivity contribution is -0.139. The lowest BCUT2D eigenvalue weighted by atomic mass is 10.0. The number of carbonyl (C=O) groups excluding carboxylic acids is 1. The SMILES string of the molecule is CNC(Cc1cccc(CNC(C)=O)c1)C(=O)O. The van der Waals surface area contributed by atoms with Crippen molar-refractivity contribution in [3.05, 3.63) is 35.4 Å². The Kier molecular flexibility index (Phi) is 5.32. The highest BCUT2D eigenvalue weighted by Gasteiger charge is 2.15. The molecule has 0 aliphatic heterocycles.